The molecule has 26 heavy (non-hydrogen) atoms. The lowest BCUT2D eigenvalue weighted by atomic mass is 10.3. The molecular formula is C19H15BrN2O3S. The monoisotopic (exact) mass is 430 g/mol. The molecule has 0 saturated carbocycles. The number of carbonyl (C=O) groups excluding carboxylic acids is 1. The molecule has 0 unspecified atom stereocenters. The molecule has 0 aliphatic carbocycles. The van der Waals surface area contributed by atoms with E-state index < -0.39 is 10.0 Å². The Morgan fingerprint density at radius 1 is 1.00 bits per heavy atom. The van der Waals surface area contributed by atoms with Crippen molar-refractivity contribution in [2.45, 2.75) is 4.90 Å². The summed E-state index contributed by atoms with van der Waals surface area (Å²) in [6, 6.07) is 17.1. The van der Waals surface area contributed by atoms with Crippen LogP contribution in [0.4, 0.5) is 5.69 Å². The van der Waals surface area contributed by atoms with Gasteiger partial charge in [-0.15, -0.1) is 0 Å². The van der Waals surface area contributed by atoms with E-state index in [2.05, 4.69) is 21.2 Å². The highest BCUT2D eigenvalue weighted by Crippen LogP contribution is 2.18. The number of halogens is 1. The second kappa shape index (κ2) is 7.72. The van der Waals surface area contributed by atoms with Crippen LogP contribution < -0.4 is 5.32 Å². The number of carbonyl (C=O) groups is 1. The van der Waals surface area contributed by atoms with E-state index >= 15 is 0 Å². The van der Waals surface area contributed by atoms with Gasteiger partial charge in [0.25, 0.3) is 10.0 Å². The van der Waals surface area contributed by atoms with Crippen LogP contribution in [0.3, 0.4) is 0 Å². The molecule has 0 spiro atoms. The topological polar surface area (TPSA) is 68.2 Å². The van der Waals surface area contributed by atoms with Gasteiger partial charge >= 0.3 is 0 Å². The largest absolute Gasteiger partial charge is 0.323 e. The Labute approximate surface area is 160 Å². The lowest BCUT2D eigenvalue weighted by Crippen LogP contribution is -2.10. The Bertz CT molecular complexity index is 1040. The summed E-state index contributed by atoms with van der Waals surface area (Å²) in [5, 5.41) is 2.73. The molecule has 3 rings (SSSR count). The number of aromatic nitrogens is 1. The molecule has 0 aliphatic heterocycles. The maximum atomic E-state index is 12.6. The van der Waals surface area contributed by atoms with E-state index in [1.165, 1.54) is 30.6 Å². The molecule has 0 bridgehead atoms. The zero-order chi connectivity index (χ0) is 18.6. The summed E-state index contributed by atoms with van der Waals surface area (Å²) >= 11 is 3.28. The second-order valence-electron chi connectivity index (χ2n) is 5.42. The van der Waals surface area contributed by atoms with Crippen molar-refractivity contribution in [2.24, 2.45) is 0 Å². The molecule has 132 valence electrons. The second-order valence-corrected chi connectivity index (χ2v) is 8.18. The van der Waals surface area contributed by atoms with Crippen LogP contribution in [0.1, 0.15) is 5.56 Å². The van der Waals surface area contributed by atoms with Crippen molar-refractivity contribution in [1.29, 1.82) is 0 Å². The highest BCUT2D eigenvalue weighted by Gasteiger charge is 2.16. The Kier molecular flexibility index (Phi) is 5.39. The normalized spacial score (nSPS) is 11.6. The summed E-state index contributed by atoms with van der Waals surface area (Å²) in [6.45, 7) is 0. The van der Waals surface area contributed by atoms with Crippen LogP contribution in [0.25, 0.3) is 6.08 Å². The van der Waals surface area contributed by atoms with Crippen LogP contribution in [0.15, 0.2) is 88.5 Å². The van der Waals surface area contributed by atoms with Crippen LogP contribution in [0, 0.1) is 0 Å². The third-order valence-electron chi connectivity index (χ3n) is 3.55. The molecule has 1 N–H and O–H groups in total. The predicted octanol–water partition coefficient (Wildman–Crippen LogP) is 4.14. The molecule has 0 aliphatic rings. The van der Waals surface area contributed by atoms with E-state index in [-0.39, 0.29) is 10.8 Å². The van der Waals surface area contributed by atoms with Gasteiger partial charge in [0.2, 0.25) is 5.91 Å². The van der Waals surface area contributed by atoms with Gasteiger partial charge < -0.3 is 5.32 Å². The number of anilines is 1. The summed E-state index contributed by atoms with van der Waals surface area (Å²) < 4.78 is 27.1. The molecule has 5 nitrogen and oxygen atoms in total. The molecule has 1 heterocycles. The molecule has 0 atom stereocenters. The quantitative estimate of drug-likeness (QED) is 0.618. The molecule has 7 heteroatoms. The molecular weight excluding hydrogens is 416 g/mol. The lowest BCUT2D eigenvalue weighted by Gasteiger charge is -2.05. The van der Waals surface area contributed by atoms with Gasteiger partial charge in [0.05, 0.1) is 4.90 Å². The Morgan fingerprint density at radius 3 is 2.38 bits per heavy atom. The van der Waals surface area contributed by atoms with Crippen LogP contribution >= 0.6 is 15.9 Å². The third-order valence-corrected chi connectivity index (χ3v) is 5.73. The van der Waals surface area contributed by atoms with E-state index in [9.17, 15) is 13.2 Å². The van der Waals surface area contributed by atoms with Crippen molar-refractivity contribution in [3.63, 3.8) is 0 Å². The average molecular weight is 431 g/mol. The van der Waals surface area contributed by atoms with E-state index in [0.717, 1.165) is 8.45 Å². The zero-order valence-electron chi connectivity index (χ0n) is 13.5. The van der Waals surface area contributed by atoms with Crippen molar-refractivity contribution >= 4 is 43.6 Å². The van der Waals surface area contributed by atoms with E-state index in [1.807, 2.05) is 18.2 Å². The van der Waals surface area contributed by atoms with Gasteiger partial charge in [-0.3, -0.25) is 4.79 Å². The molecule has 3 aromatic rings. The zero-order valence-corrected chi connectivity index (χ0v) is 15.9. The van der Waals surface area contributed by atoms with Crippen molar-refractivity contribution in [2.75, 3.05) is 5.32 Å². The van der Waals surface area contributed by atoms with Gasteiger partial charge in [0, 0.05) is 28.6 Å². The van der Waals surface area contributed by atoms with Gasteiger partial charge in [-0.2, -0.15) is 0 Å². The molecule has 0 radical (unpaired) electrons. The molecule has 2 aromatic carbocycles. The summed E-state index contributed by atoms with van der Waals surface area (Å²) in [7, 11) is -3.66. The number of hydrogen-bond acceptors (Lipinski definition) is 3. The summed E-state index contributed by atoms with van der Waals surface area (Å²) in [6.07, 6.45) is 5.83. The molecule has 0 saturated heterocycles. The van der Waals surface area contributed by atoms with Gasteiger partial charge in [-0.25, -0.2) is 12.4 Å². The first-order chi connectivity index (χ1) is 12.4. The molecule has 1 amide bonds. The first kappa shape index (κ1) is 18.2. The Morgan fingerprint density at radius 2 is 1.69 bits per heavy atom. The first-order valence-corrected chi connectivity index (χ1v) is 9.92. The number of amides is 1. The minimum absolute atomic E-state index is 0.189. The number of benzene rings is 2. The van der Waals surface area contributed by atoms with Crippen LogP contribution in [-0.4, -0.2) is 18.3 Å². The van der Waals surface area contributed by atoms with E-state index in [4.69, 9.17) is 0 Å². The van der Waals surface area contributed by atoms with Crippen LogP contribution in [0.5, 0.6) is 0 Å². The Balaban J connectivity index is 1.73. The summed E-state index contributed by atoms with van der Waals surface area (Å²) in [5.74, 6) is -0.292. The number of nitrogens with zero attached hydrogens (tertiary/aromatic N) is 1. The van der Waals surface area contributed by atoms with Gasteiger partial charge in [0.1, 0.15) is 0 Å². The highest BCUT2D eigenvalue weighted by molar-refractivity contribution is 9.10. The third kappa shape index (κ3) is 4.30. The van der Waals surface area contributed by atoms with Crippen LogP contribution in [0.2, 0.25) is 0 Å². The first-order valence-electron chi connectivity index (χ1n) is 7.68. The van der Waals surface area contributed by atoms with E-state index in [1.54, 1.807) is 36.4 Å². The Hall–Kier alpha value is -2.64. The van der Waals surface area contributed by atoms with Crippen molar-refractivity contribution in [3.8, 4) is 0 Å². The van der Waals surface area contributed by atoms with Gasteiger partial charge in [0.15, 0.2) is 0 Å². The maximum absolute atomic E-state index is 12.6. The van der Waals surface area contributed by atoms with Crippen molar-refractivity contribution < 1.29 is 13.2 Å². The standard InChI is InChI=1S/C19H15BrN2O3S/c20-16-7-9-18(10-8-16)26(24,25)22-13-12-15(14-22)6-11-19(23)21-17-4-2-1-3-5-17/h1-14H,(H,21,23)/b11-6+. The fourth-order valence-corrected chi connectivity index (χ4v) is 3.72. The van der Waals surface area contributed by atoms with Crippen LogP contribution in [-0.2, 0) is 14.8 Å². The fraction of sp³-hybridized carbons (Fsp3) is 0. The van der Waals surface area contributed by atoms with Gasteiger partial charge in [-0.1, -0.05) is 34.1 Å². The SMILES string of the molecule is O=C(/C=C/c1ccn(S(=O)(=O)c2ccc(Br)cc2)c1)Nc1ccccc1. The number of hydrogen-bond donors (Lipinski definition) is 1. The molecule has 1 aromatic heterocycles. The highest BCUT2D eigenvalue weighted by atomic mass is 79.9. The number of para-hydroxylation sites is 1. The number of nitrogens with one attached hydrogen (secondary N) is 1. The van der Waals surface area contributed by atoms with Crippen molar-refractivity contribution in [3.05, 3.63) is 89.2 Å². The maximum Gasteiger partial charge on any atom is 0.267 e. The smallest absolute Gasteiger partial charge is 0.267 e. The average Bonchev–Trinajstić information content (AvgIpc) is 3.11. The van der Waals surface area contributed by atoms with E-state index in [0.29, 0.717) is 11.3 Å². The predicted molar refractivity (Wildman–Crippen MR) is 105 cm³/mol. The minimum Gasteiger partial charge on any atom is -0.323 e. The van der Waals surface area contributed by atoms with Gasteiger partial charge in [-0.05, 0) is 54.1 Å². The summed E-state index contributed by atoms with van der Waals surface area (Å²) in [4.78, 5) is 12.1. The lowest BCUT2D eigenvalue weighted by molar-refractivity contribution is -0.111. The minimum atomic E-state index is -3.66. The van der Waals surface area contributed by atoms with Crippen molar-refractivity contribution in [1.82, 2.24) is 3.97 Å². The molecule has 0 fully saturated rings. The fourth-order valence-electron chi connectivity index (χ4n) is 2.25. The number of rotatable bonds is 5. The summed E-state index contributed by atoms with van der Waals surface area (Å²) in [5.41, 5.74) is 1.30.